The Morgan fingerprint density at radius 3 is 1.32 bits per heavy atom. The zero-order valence-corrected chi connectivity index (χ0v) is 34.5. The molecule has 12 rings (SSSR count). The van der Waals surface area contributed by atoms with Crippen molar-refractivity contribution in [3.05, 3.63) is 271 Å². The fourth-order valence-electron chi connectivity index (χ4n) is 10.2. The van der Waals surface area contributed by atoms with Crippen molar-refractivity contribution in [3.63, 3.8) is 0 Å². The Balaban J connectivity index is 1.22. The van der Waals surface area contributed by atoms with Crippen LogP contribution in [0.4, 0.5) is 17.1 Å². The summed E-state index contributed by atoms with van der Waals surface area (Å²) in [6.45, 7) is 0. The maximum Gasteiger partial charge on any atom is 0.145 e. The van der Waals surface area contributed by atoms with E-state index in [4.69, 9.17) is 4.42 Å². The van der Waals surface area contributed by atoms with E-state index in [1.165, 1.54) is 50.1 Å². The molecule has 63 heavy (non-hydrogen) atoms. The van der Waals surface area contributed by atoms with E-state index >= 15 is 0 Å². The molecule has 0 N–H and O–H groups in total. The highest BCUT2D eigenvalue weighted by atomic mass is 16.3. The number of para-hydroxylation sites is 1. The lowest BCUT2D eigenvalue weighted by Gasteiger charge is -2.35. The van der Waals surface area contributed by atoms with E-state index in [0.29, 0.717) is 0 Å². The predicted octanol–water partition coefficient (Wildman–Crippen LogP) is 16.4. The third-order valence-corrected chi connectivity index (χ3v) is 13.0. The van der Waals surface area contributed by atoms with Gasteiger partial charge in [0.2, 0.25) is 0 Å². The van der Waals surface area contributed by atoms with Crippen LogP contribution in [0.5, 0.6) is 0 Å². The summed E-state index contributed by atoms with van der Waals surface area (Å²) in [4.78, 5) is 2.44. The number of hydrogen-bond donors (Lipinski definition) is 0. The highest BCUT2D eigenvalue weighted by Gasteiger charge is 2.48. The molecule has 0 saturated heterocycles. The lowest BCUT2D eigenvalue weighted by molar-refractivity contribution is 0.670. The maximum absolute atomic E-state index is 7.49. The summed E-state index contributed by atoms with van der Waals surface area (Å²) in [6.07, 6.45) is 0. The average molecular weight is 804 g/mol. The van der Waals surface area contributed by atoms with Gasteiger partial charge in [0, 0.05) is 27.9 Å². The third kappa shape index (κ3) is 5.87. The monoisotopic (exact) mass is 803 g/mol. The minimum atomic E-state index is -0.640. The molecule has 0 spiro atoms. The Bertz CT molecular complexity index is 3270. The fourth-order valence-corrected chi connectivity index (χ4v) is 10.2. The first kappa shape index (κ1) is 36.6. The molecule has 0 amide bonds. The summed E-state index contributed by atoms with van der Waals surface area (Å²) in [5.74, 6) is 0. The van der Waals surface area contributed by atoms with Gasteiger partial charge in [-0.2, -0.15) is 0 Å². The lowest BCUT2D eigenvalue weighted by Crippen LogP contribution is -2.28. The Labute approximate surface area is 367 Å². The third-order valence-electron chi connectivity index (χ3n) is 13.0. The number of anilines is 3. The number of benzene rings is 10. The van der Waals surface area contributed by atoms with Gasteiger partial charge in [0.05, 0.1) is 16.5 Å². The molecular weight excluding hydrogens is 763 g/mol. The van der Waals surface area contributed by atoms with E-state index in [1.54, 1.807) is 0 Å². The molecule has 1 heterocycles. The van der Waals surface area contributed by atoms with Crippen LogP contribution in [0.15, 0.2) is 253 Å². The number of furan rings is 1. The smallest absolute Gasteiger partial charge is 0.145 e. The maximum atomic E-state index is 7.49. The van der Waals surface area contributed by atoms with E-state index in [-0.39, 0.29) is 0 Å². The van der Waals surface area contributed by atoms with Gasteiger partial charge >= 0.3 is 0 Å². The Kier molecular flexibility index (Phi) is 8.76. The molecule has 10 aromatic carbocycles. The number of fused-ring (bicyclic) bond motifs is 7. The molecule has 1 aliphatic rings. The normalized spacial score (nSPS) is 12.6. The first-order valence-corrected chi connectivity index (χ1v) is 21.7. The van der Waals surface area contributed by atoms with Crippen LogP contribution in [-0.4, -0.2) is 0 Å². The average Bonchev–Trinajstić information content (AvgIpc) is 3.90. The van der Waals surface area contributed by atoms with E-state index in [1.807, 2.05) is 0 Å². The minimum absolute atomic E-state index is 0.640. The Morgan fingerprint density at radius 1 is 0.333 bits per heavy atom. The molecule has 2 nitrogen and oxygen atoms in total. The Hall–Kier alpha value is -8.20. The number of nitrogens with zero attached hydrogens (tertiary/aromatic N) is 1. The second-order valence-corrected chi connectivity index (χ2v) is 16.4. The molecule has 11 aromatic rings. The van der Waals surface area contributed by atoms with Crippen LogP contribution >= 0.6 is 0 Å². The zero-order chi connectivity index (χ0) is 41.7. The molecule has 1 aliphatic carbocycles. The summed E-state index contributed by atoms with van der Waals surface area (Å²) < 4.78 is 7.49. The van der Waals surface area contributed by atoms with Gasteiger partial charge in [-0.05, 0) is 86.0 Å². The van der Waals surface area contributed by atoms with E-state index in [2.05, 4.69) is 254 Å². The standard InChI is InChI=1S/C61H41NO/c1-6-19-42(20-7-1)44-33-37-49(38-34-44)62(50-39-35-45(36-40-50)43-21-8-2-9-22-43)56-41-55-57(60-58(56)53-31-18-30-51(59(53)63-60)46-23-10-3-11-24-46)52-29-16-17-32-54(52)61(55,47-25-12-4-13-26-47)48-27-14-5-15-28-48/h1-41H. The van der Waals surface area contributed by atoms with Gasteiger partial charge in [-0.1, -0.05) is 218 Å². The highest BCUT2D eigenvalue weighted by Crippen LogP contribution is 2.61. The largest absolute Gasteiger partial charge is 0.455 e. The van der Waals surface area contributed by atoms with E-state index in [9.17, 15) is 0 Å². The summed E-state index contributed by atoms with van der Waals surface area (Å²) in [5.41, 5.74) is 18.3. The summed E-state index contributed by atoms with van der Waals surface area (Å²) in [5, 5.41) is 2.15. The van der Waals surface area contributed by atoms with Gasteiger partial charge in [0.15, 0.2) is 0 Å². The molecule has 0 unspecified atom stereocenters. The number of hydrogen-bond acceptors (Lipinski definition) is 2. The SMILES string of the molecule is c1ccc(-c2ccc(N(c3ccc(-c4ccccc4)cc3)c3cc4c(c5oc6c(-c7ccccc7)cccc6c35)-c3ccccc3C4(c3ccccc3)c3ccccc3)cc2)cc1. The summed E-state index contributed by atoms with van der Waals surface area (Å²) >= 11 is 0. The summed E-state index contributed by atoms with van der Waals surface area (Å²) in [6, 6.07) is 90.0. The Morgan fingerprint density at radius 2 is 0.778 bits per heavy atom. The predicted molar refractivity (Wildman–Crippen MR) is 262 cm³/mol. The van der Waals surface area contributed by atoms with Crippen molar-refractivity contribution in [1.82, 2.24) is 0 Å². The molecule has 0 radical (unpaired) electrons. The van der Waals surface area contributed by atoms with Gasteiger partial charge in [-0.25, -0.2) is 0 Å². The van der Waals surface area contributed by atoms with Crippen LogP contribution in [0.1, 0.15) is 22.3 Å². The van der Waals surface area contributed by atoms with Crippen LogP contribution in [0, 0.1) is 0 Å². The van der Waals surface area contributed by atoms with Gasteiger partial charge in [0.1, 0.15) is 11.2 Å². The molecule has 1 aromatic heterocycles. The zero-order valence-electron chi connectivity index (χ0n) is 34.5. The van der Waals surface area contributed by atoms with Crippen LogP contribution in [0.25, 0.3) is 66.4 Å². The molecular formula is C61H41NO. The van der Waals surface area contributed by atoms with E-state index < -0.39 is 5.41 Å². The van der Waals surface area contributed by atoms with Crippen molar-refractivity contribution in [2.75, 3.05) is 4.90 Å². The lowest BCUT2D eigenvalue weighted by atomic mass is 9.67. The fraction of sp³-hybridized carbons (Fsp3) is 0.0164. The van der Waals surface area contributed by atoms with Crippen LogP contribution in [0.2, 0.25) is 0 Å². The second kappa shape index (κ2) is 15.1. The molecule has 0 fully saturated rings. The van der Waals surface area contributed by atoms with Gasteiger partial charge in [-0.15, -0.1) is 0 Å². The van der Waals surface area contributed by atoms with Gasteiger partial charge in [0.25, 0.3) is 0 Å². The molecule has 296 valence electrons. The minimum Gasteiger partial charge on any atom is -0.455 e. The molecule has 0 aliphatic heterocycles. The highest BCUT2D eigenvalue weighted by molar-refractivity contribution is 6.21. The van der Waals surface area contributed by atoms with Crippen LogP contribution in [0.3, 0.4) is 0 Å². The second-order valence-electron chi connectivity index (χ2n) is 16.4. The summed E-state index contributed by atoms with van der Waals surface area (Å²) in [7, 11) is 0. The molecule has 0 atom stereocenters. The van der Waals surface area contributed by atoms with Crippen molar-refractivity contribution < 1.29 is 4.42 Å². The van der Waals surface area contributed by atoms with Crippen LogP contribution in [-0.2, 0) is 5.41 Å². The van der Waals surface area contributed by atoms with Crippen LogP contribution < -0.4 is 4.90 Å². The topological polar surface area (TPSA) is 16.4 Å². The molecule has 2 heteroatoms. The van der Waals surface area contributed by atoms with Crippen molar-refractivity contribution in [2.24, 2.45) is 0 Å². The van der Waals surface area contributed by atoms with Crippen molar-refractivity contribution in [1.29, 1.82) is 0 Å². The van der Waals surface area contributed by atoms with Gasteiger partial charge < -0.3 is 9.32 Å². The van der Waals surface area contributed by atoms with Gasteiger partial charge in [-0.3, -0.25) is 0 Å². The molecule has 0 saturated carbocycles. The van der Waals surface area contributed by atoms with Crippen molar-refractivity contribution >= 4 is 39.0 Å². The van der Waals surface area contributed by atoms with Crippen molar-refractivity contribution in [3.8, 4) is 44.5 Å². The quantitative estimate of drug-likeness (QED) is 0.152. The van der Waals surface area contributed by atoms with E-state index in [0.717, 1.165) is 55.7 Å². The van der Waals surface area contributed by atoms with Crippen molar-refractivity contribution in [2.45, 2.75) is 5.41 Å². The first-order valence-electron chi connectivity index (χ1n) is 21.7. The molecule has 0 bridgehead atoms. The number of rotatable bonds is 8. The first-order chi connectivity index (χ1) is 31.3.